The number of amides is 1. The zero-order valence-electron chi connectivity index (χ0n) is 16.2. The van der Waals surface area contributed by atoms with Gasteiger partial charge in [0.1, 0.15) is 0 Å². The van der Waals surface area contributed by atoms with E-state index in [0.29, 0.717) is 31.2 Å². The lowest BCUT2D eigenvalue weighted by molar-refractivity contribution is -0.384. The first kappa shape index (κ1) is 20.3. The molecular formula is C21H19ClN4O3S. The van der Waals surface area contributed by atoms with E-state index in [-0.39, 0.29) is 11.6 Å². The quantitative estimate of drug-likeness (QED) is 0.337. The first-order valence-electron chi connectivity index (χ1n) is 9.44. The summed E-state index contributed by atoms with van der Waals surface area (Å²) >= 11 is 7.90. The van der Waals surface area contributed by atoms with Crippen molar-refractivity contribution in [1.29, 1.82) is 0 Å². The number of benzene rings is 2. The number of nitro groups is 1. The summed E-state index contributed by atoms with van der Waals surface area (Å²) < 4.78 is 0.996. The van der Waals surface area contributed by atoms with Crippen molar-refractivity contribution in [2.45, 2.75) is 6.92 Å². The summed E-state index contributed by atoms with van der Waals surface area (Å²) in [5.41, 5.74) is 2.81. The van der Waals surface area contributed by atoms with Crippen LogP contribution >= 0.6 is 22.9 Å². The van der Waals surface area contributed by atoms with E-state index in [9.17, 15) is 14.9 Å². The Morgan fingerprint density at radius 1 is 1.17 bits per heavy atom. The summed E-state index contributed by atoms with van der Waals surface area (Å²) in [6.07, 6.45) is 3.19. The Kier molecular flexibility index (Phi) is 5.69. The van der Waals surface area contributed by atoms with Gasteiger partial charge in [-0.3, -0.25) is 14.9 Å². The highest BCUT2D eigenvalue weighted by Gasteiger charge is 2.22. The minimum atomic E-state index is -0.446. The van der Waals surface area contributed by atoms with Crippen LogP contribution in [0.1, 0.15) is 11.1 Å². The topological polar surface area (TPSA) is 79.6 Å². The molecule has 0 unspecified atom stereocenters. The molecule has 2 aromatic carbocycles. The fourth-order valence-electron chi connectivity index (χ4n) is 3.32. The van der Waals surface area contributed by atoms with Crippen LogP contribution in [-0.2, 0) is 4.79 Å². The Hall–Kier alpha value is -2.97. The lowest BCUT2D eigenvalue weighted by atomic mass is 10.2. The molecule has 1 fully saturated rings. The molecule has 0 N–H and O–H groups in total. The number of carbonyl (C=O) groups is 1. The third-order valence-corrected chi connectivity index (χ3v) is 6.65. The Morgan fingerprint density at radius 3 is 2.50 bits per heavy atom. The summed E-state index contributed by atoms with van der Waals surface area (Å²) in [4.78, 5) is 31.5. The van der Waals surface area contributed by atoms with Crippen LogP contribution in [0.5, 0.6) is 0 Å². The van der Waals surface area contributed by atoms with E-state index in [1.165, 1.54) is 18.2 Å². The maximum absolute atomic E-state index is 12.5. The number of rotatable bonds is 4. The number of hydrogen-bond acceptors (Lipinski definition) is 6. The molecule has 154 valence electrons. The van der Waals surface area contributed by atoms with Crippen molar-refractivity contribution in [3.8, 4) is 0 Å². The molecule has 0 bridgehead atoms. The van der Waals surface area contributed by atoms with Gasteiger partial charge in [-0.25, -0.2) is 4.98 Å². The zero-order valence-corrected chi connectivity index (χ0v) is 17.8. The van der Waals surface area contributed by atoms with Crippen molar-refractivity contribution in [1.82, 2.24) is 9.88 Å². The first-order chi connectivity index (χ1) is 14.4. The summed E-state index contributed by atoms with van der Waals surface area (Å²) in [6.45, 7) is 4.63. The second-order valence-electron chi connectivity index (χ2n) is 7.03. The molecule has 1 aliphatic heterocycles. The van der Waals surface area contributed by atoms with E-state index in [4.69, 9.17) is 16.6 Å². The number of nitro benzene ring substituents is 1. The predicted molar refractivity (Wildman–Crippen MR) is 120 cm³/mol. The van der Waals surface area contributed by atoms with Gasteiger partial charge in [-0.1, -0.05) is 29.0 Å². The largest absolute Gasteiger partial charge is 0.345 e. The van der Waals surface area contributed by atoms with E-state index >= 15 is 0 Å². The number of thiazole rings is 1. The number of carbonyl (C=O) groups excluding carboxylic acids is 1. The van der Waals surface area contributed by atoms with Gasteiger partial charge >= 0.3 is 0 Å². The standard InChI is InChI=1S/C21H19ClN4O3S/c1-14-2-8-17(22)20-19(14)23-21(30-20)25-12-10-24(11-13-25)18(27)9-5-15-3-6-16(7-4-15)26(28)29/h2-9H,10-13H2,1H3/b9-5-. The van der Waals surface area contributed by atoms with Crippen molar-refractivity contribution in [3.05, 3.63) is 68.7 Å². The number of nitrogens with zero attached hydrogens (tertiary/aromatic N) is 4. The van der Waals surface area contributed by atoms with Gasteiger partial charge in [-0.05, 0) is 42.3 Å². The van der Waals surface area contributed by atoms with Crippen LogP contribution in [0, 0.1) is 17.0 Å². The van der Waals surface area contributed by atoms with E-state index in [2.05, 4.69) is 4.90 Å². The SMILES string of the molecule is Cc1ccc(Cl)c2sc(N3CCN(C(=O)/C=C\c4ccc([N+](=O)[O-])cc4)CC3)nc12. The van der Waals surface area contributed by atoms with Gasteiger partial charge in [0.2, 0.25) is 5.91 Å². The van der Waals surface area contributed by atoms with Gasteiger partial charge < -0.3 is 9.80 Å². The third-order valence-electron chi connectivity index (χ3n) is 5.07. The van der Waals surface area contributed by atoms with E-state index in [1.807, 2.05) is 19.1 Å². The average molecular weight is 443 g/mol. The molecule has 9 heteroatoms. The highest BCUT2D eigenvalue weighted by Crippen LogP contribution is 2.35. The van der Waals surface area contributed by atoms with Gasteiger partial charge in [-0.15, -0.1) is 0 Å². The minimum absolute atomic E-state index is 0.0286. The molecule has 30 heavy (non-hydrogen) atoms. The van der Waals surface area contributed by atoms with Crippen LogP contribution in [0.4, 0.5) is 10.8 Å². The number of piperazine rings is 1. The maximum atomic E-state index is 12.5. The van der Waals surface area contributed by atoms with Crippen LogP contribution in [0.2, 0.25) is 5.02 Å². The van der Waals surface area contributed by atoms with Gasteiger partial charge in [0, 0.05) is 44.4 Å². The van der Waals surface area contributed by atoms with Crippen molar-refractivity contribution in [2.24, 2.45) is 0 Å². The maximum Gasteiger partial charge on any atom is 0.269 e. The minimum Gasteiger partial charge on any atom is -0.345 e. The van der Waals surface area contributed by atoms with Crippen LogP contribution in [0.3, 0.4) is 0 Å². The highest BCUT2D eigenvalue weighted by molar-refractivity contribution is 7.22. The second kappa shape index (κ2) is 8.41. The normalized spacial score (nSPS) is 14.6. The number of non-ortho nitro benzene ring substituents is 1. The summed E-state index contributed by atoms with van der Waals surface area (Å²) in [6, 6.07) is 9.97. The smallest absolute Gasteiger partial charge is 0.269 e. The lowest BCUT2D eigenvalue weighted by Crippen LogP contribution is -2.48. The van der Waals surface area contributed by atoms with Crippen LogP contribution < -0.4 is 4.90 Å². The molecule has 0 aliphatic carbocycles. The van der Waals surface area contributed by atoms with Crippen LogP contribution in [0.15, 0.2) is 42.5 Å². The molecule has 0 spiro atoms. The molecule has 1 saturated heterocycles. The average Bonchev–Trinajstić information content (AvgIpc) is 3.22. The molecule has 2 heterocycles. The monoisotopic (exact) mass is 442 g/mol. The molecule has 3 aromatic rings. The Bertz CT molecular complexity index is 1100. The lowest BCUT2D eigenvalue weighted by Gasteiger charge is -2.34. The van der Waals surface area contributed by atoms with Gasteiger partial charge in [-0.2, -0.15) is 0 Å². The molecule has 7 nitrogen and oxygen atoms in total. The number of aromatic nitrogens is 1. The third kappa shape index (κ3) is 4.15. The van der Waals surface area contributed by atoms with Crippen LogP contribution in [-0.4, -0.2) is 46.9 Å². The summed E-state index contributed by atoms with van der Waals surface area (Å²) in [5.74, 6) is -0.0730. The molecule has 1 aliphatic rings. The Balaban J connectivity index is 1.38. The first-order valence-corrected chi connectivity index (χ1v) is 10.6. The number of hydrogen-bond donors (Lipinski definition) is 0. The van der Waals surface area contributed by atoms with E-state index in [0.717, 1.165) is 26.5 Å². The van der Waals surface area contributed by atoms with Crippen molar-refractivity contribution in [3.63, 3.8) is 0 Å². The number of anilines is 1. The highest BCUT2D eigenvalue weighted by atomic mass is 35.5. The van der Waals surface area contributed by atoms with Gasteiger partial charge in [0.15, 0.2) is 5.13 Å². The molecule has 1 aromatic heterocycles. The second-order valence-corrected chi connectivity index (χ2v) is 8.42. The summed E-state index contributed by atoms with van der Waals surface area (Å²) in [5, 5.41) is 12.3. The number of fused-ring (bicyclic) bond motifs is 1. The van der Waals surface area contributed by atoms with Crippen LogP contribution in [0.25, 0.3) is 16.3 Å². The van der Waals surface area contributed by atoms with Gasteiger partial charge in [0.05, 0.1) is 20.2 Å². The van der Waals surface area contributed by atoms with Gasteiger partial charge in [0.25, 0.3) is 5.69 Å². The zero-order chi connectivity index (χ0) is 21.3. The van der Waals surface area contributed by atoms with Crippen molar-refractivity contribution < 1.29 is 9.72 Å². The predicted octanol–water partition coefficient (Wildman–Crippen LogP) is 4.53. The summed E-state index contributed by atoms with van der Waals surface area (Å²) in [7, 11) is 0. The molecule has 0 radical (unpaired) electrons. The fraction of sp³-hybridized carbons (Fsp3) is 0.238. The fourth-order valence-corrected chi connectivity index (χ4v) is 4.69. The molecule has 0 atom stereocenters. The number of halogens is 1. The molecule has 0 saturated carbocycles. The Morgan fingerprint density at radius 2 is 1.87 bits per heavy atom. The van der Waals surface area contributed by atoms with E-state index < -0.39 is 4.92 Å². The Labute approximate surface area is 182 Å². The molecule has 4 rings (SSSR count). The van der Waals surface area contributed by atoms with Crippen molar-refractivity contribution in [2.75, 3.05) is 31.1 Å². The van der Waals surface area contributed by atoms with E-state index in [1.54, 1.807) is 34.4 Å². The van der Waals surface area contributed by atoms with Crippen molar-refractivity contribution >= 4 is 56.0 Å². The number of aryl methyl sites for hydroxylation is 1. The molecular weight excluding hydrogens is 424 g/mol. The molecule has 1 amide bonds.